The minimum atomic E-state index is -3.79. The number of hydrogen-bond acceptors (Lipinski definition) is 5. The zero-order valence-electron chi connectivity index (χ0n) is 18.8. The highest BCUT2D eigenvalue weighted by Gasteiger charge is 2.33. The van der Waals surface area contributed by atoms with E-state index in [0.717, 1.165) is 43.3 Å². The molecule has 1 aliphatic heterocycles. The summed E-state index contributed by atoms with van der Waals surface area (Å²) in [6, 6.07) is 8.30. The summed E-state index contributed by atoms with van der Waals surface area (Å²) >= 11 is 12.2. The molecule has 0 bridgehead atoms. The Morgan fingerprint density at radius 2 is 1.79 bits per heavy atom. The summed E-state index contributed by atoms with van der Waals surface area (Å²) in [5.74, 6) is -0.897. The first-order valence-electron chi connectivity index (χ1n) is 10.7. The second-order valence-electron chi connectivity index (χ2n) is 8.86. The summed E-state index contributed by atoms with van der Waals surface area (Å²) in [6.07, 6.45) is 2.70. The van der Waals surface area contributed by atoms with Crippen LogP contribution in [0.3, 0.4) is 0 Å². The standard InChI is InChI=1S/C23H25Cl2FN2O4S.H2S/c1-13(16-5-17(24)7-18(25)6-16)28-10-14(11-28)12-32-22-9-21(26)20(8-19(22)15-3-4-15)23(29)27-33(2,30)31;/h5-9,13-15H,3-4,10-12H2,1-2H3,(H,27,29);1H2/t13-;/m0./s1. The van der Waals surface area contributed by atoms with Crippen molar-refractivity contribution in [3.05, 3.63) is 62.9 Å². The Morgan fingerprint density at radius 3 is 2.35 bits per heavy atom. The molecule has 4 rings (SSSR count). The minimum Gasteiger partial charge on any atom is -0.493 e. The molecule has 1 N–H and O–H groups in total. The Bertz CT molecular complexity index is 1170. The van der Waals surface area contributed by atoms with Crippen LogP contribution in [0.25, 0.3) is 0 Å². The van der Waals surface area contributed by atoms with Crippen LogP contribution < -0.4 is 9.46 Å². The molecule has 1 saturated heterocycles. The van der Waals surface area contributed by atoms with Crippen molar-refractivity contribution in [3.8, 4) is 5.75 Å². The second-order valence-corrected chi connectivity index (χ2v) is 11.5. The topological polar surface area (TPSA) is 75.7 Å². The number of halogens is 3. The van der Waals surface area contributed by atoms with Gasteiger partial charge in [0, 0.05) is 41.2 Å². The van der Waals surface area contributed by atoms with Gasteiger partial charge in [0.2, 0.25) is 10.0 Å². The largest absolute Gasteiger partial charge is 0.493 e. The van der Waals surface area contributed by atoms with E-state index in [1.54, 1.807) is 6.07 Å². The molecule has 186 valence electrons. The number of likely N-dealkylation sites (tertiary alicyclic amines) is 1. The number of ether oxygens (including phenoxy) is 1. The number of benzene rings is 2. The van der Waals surface area contributed by atoms with Gasteiger partial charge in [0.25, 0.3) is 5.91 Å². The van der Waals surface area contributed by atoms with Gasteiger partial charge >= 0.3 is 0 Å². The Hall–Kier alpha value is -1.52. The van der Waals surface area contributed by atoms with Crippen LogP contribution in [0.1, 0.15) is 53.2 Å². The molecule has 2 aromatic carbocycles. The van der Waals surface area contributed by atoms with E-state index in [1.165, 1.54) is 12.1 Å². The third-order valence-electron chi connectivity index (χ3n) is 6.01. The molecule has 2 fully saturated rings. The van der Waals surface area contributed by atoms with Crippen LogP contribution in [0.4, 0.5) is 4.39 Å². The summed E-state index contributed by atoms with van der Waals surface area (Å²) in [7, 11) is -3.79. The van der Waals surface area contributed by atoms with Crippen LogP contribution in [0.2, 0.25) is 10.0 Å². The quantitative estimate of drug-likeness (QED) is 0.508. The van der Waals surface area contributed by atoms with E-state index >= 15 is 0 Å². The van der Waals surface area contributed by atoms with E-state index in [-0.39, 0.29) is 36.9 Å². The van der Waals surface area contributed by atoms with Gasteiger partial charge in [-0.15, -0.1) is 0 Å². The molecule has 1 saturated carbocycles. The number of hydrogen-bond donors (Lipinski definition) is 1. The molecule has 0 aromatic heterocycles. The van der Waals surface area contributed by atoms with Crippen LogP contribution in [0.15, 0.2) is 30.3 Å². The second kappa shape index (κ2) is 10.6. The molecule has 0 unspecified atom stereocenters. The fourth-order valence-electron chi connectivity index (χ4n) is 4.07. The highest BCUT2D eigenvalue weighted by molar-refractivity contribution is 7.89. The first kappa shape index (κ1) is 27.1. The van der Waals surface area contributed by atoms with Gasteiger partial charge in [-0.3, -0.25) is 9.69 Å². The van der Waals surface area contributed by atoms with Crippen molar-refractivity contribution in [2.75, 3.05) is 26.0 Å². The SMILES string of the molecule is C[C@@H](c1cc(Cl)cc(Cl)c1)N1CC(COc2cc(F)c(C(=O)NS(C)(=O)=O)cc2C2CC2)C1.S. The van der Waals surface area contributed by atoms with Gasteiger partial charge in [0.1, 0.15) is 11.6 Å². The lowest BCUT2D eigenvalue weighted by atomic mass is 9.95. The van der Waals surface area contributed by atoms with Gasteiger partial charge in [-0.05, 0) is 61.1 Å². The van der Waals surface area contributed by atoms with Crippen LogP contribution >= 0.6 is 36.7 Å². The van der Waals surface area contributed by atoms with Gasteiger partial charge in [0.15, 0.2) is 0 Å². The van der Waals surface area contributed by atoms with Crippen molar-refractivity contribution < 1.29 is 22.3 Å². The van der Waals surface area contributed by atoms with Crippen LogP contribution in [0.5, 0.6) is 5.75 Å². The Kier molecular flexibility index (Phi) is 8.46. The Labute approximate surface area is 216 Å². The average molecular weight is 550 g/mol. The number of sulfonamides is 1. The number of rotatable bonds is 8. The fraction of sp³-hybridized carbons (Fsp3) is 0.435. The van der Waals surface area contributed by atoms with Gasteiger partial charge < -0.3 is 4.74 Å². The molecule has 0 radical (unpaired) electrons. The lowest BCUT2D eigenvalue weighted by molar-refractivity contribution is 0.0307. The maximum absolute atomic E-state index is 14.6. The molecule has 11 heteroatoms. The van der Waals surface area contributed by atoms with E-state index < -0.39 is 21.7 Å². The highest BCUT2D eigenvalue weighted by atomic mass is 35.5. The average Bonchev–Trinajstić information content (AvgIpc) is 3.49. The first-order chi connectivity index (χ1) is 15.5. The molecule has 1 aliphatic carbocycles. The monoisotopic (exact) mass is 548 g/mol. The summed E-state index contributed by atoms with van der Waals surface area (Å²) in [5.41, 5.74) is 1.50. The Balaban J connectivity index is 0.00000324. The van der Waals surface area contributed by atoms with Gasteiger partial charge in [-0.25, -0.2) is 17.5 Å². The Morgan fingerprint density at radius 1 is 1.18 bits per heavy atom. The fourth-order valence-corrected chi connectivity index (χ4v) is 5.06. The van der Waals surface area contributed by atoms with Crippen LogP contribution in [-0.4, -0.2) is 45.2 Å². The highest BCUT2D eigenvalue weighted by Crippen LogP contribution is 2.45. The zero-order chi connectivity index (χ0) is 23.9. The van der Waals surface area contributed by atoms with Crippen LogP contribution in [-0.2, 0) is 10.0 Å². The van der Waals surface area contributed by atoms with E-state index in [9.17, 15) is 17.6 Å². The third kappa shape index (κ3) is 6.57. The maximum atomic E-state index is 14.6. The zero-order valence-corrected chi connectivity index (χ0v) is 22.1. The van der Waals surface area contributed by atoms with Gasteiger partial charge in [0.05, 0.1) is 18.4 Å². The molecule has 6 nitrogen and oxygen atoms in total. The molecular weight excluding hydrogens is 522 g/mol. The molecule has 34 heavy (non-hydrogen) atoms. The lowest BCUT2D eigenvalue weighted by Crippen LogP contribution is -2.50. The lowest BCUT2D eigenvalue weighted by Gasteiger charge is -2.43. The summed E-state index contributed by atoms with van der Waals surface area (Å²) < 4.78 is 45.1. The third-order valence-corrected chi connectivity index (χ3v) is 7.01. The molecule has 1 atom stereocenters. The summed E-state index contributed by atoms with van der Waals surface area (Å²) in [4.78, 5) is 14.5. The van der Waals surface area contributed by atoms with E-state index in [4.69, 9.17) is 27.9 Å². The van der Waals surface area contributed by atoms with Crippen molar-refractivity contribution in [2.45, 2.75) is 31.7 Å². The van der Waals surface area contributed by atoms with Crippen LogP contribution in [0, 0.1) is 11.7 Å². The first-order valence-corrected chi connectivity index (χ1v) is 13.3. The molecule has 1 heterocycles. The van der Waals surface area contributed by atoms with Crippen molar-refractivity contribution in [3.63, 3.8) is 0 Å². The van der Waals surface area contributed by atoms with Crippen molar-refractivity contribution in [1.82, 2.24) is 9.62 Å². The molecule has 2 aromatic rings. The van der Waals surface area contributed by atoms with E-state index in [2.05, 4.69) is 11.8 Å². The predicted molar refractivity (Wildman–Crippen MR) is 137 cm³/mol. The summed E-state index contributed by atoms with van der Waals surface area (Å²) in [5, 5.41) is 1.21. The normalized spacial score (nSPS) is 17.4. The van der Waals surface area contributed by atoms with E-state index in [0.29, 0.717) is 22.4 Å². The molecule has 2 aliphatic rings. The molecule has 1 amide bonds. The number of carbonyl (C=O) groups is 1. The van der Waals surface area contributed by atoms with Crippen molar-refractivity contribution in [2.24, 2.45) is 5.92 Å². The number of carbonyl (C=O) groups excluding carboxylic acids is 1. The number of amides is 1. The number of nitrogens with zero attached hydrogens (tertiary/aromatic N) is 1. The maximum Gasteiger partial charge on any atom is 0.267 e. The number of nitrogens with one attached hydrogen (secondary N) is 1. The predicted octanol–water partition coefficient (Wildman–Crippen LogP) is 4.88. The smallest absolute Gasteiger partial charge is 0.267 e. The van der Waals surface area contributed by atoms with Gasteiger partial charge in [-0.1, -0.05) is 23.2 Å². The van der Waals surface area contributed by atoms with Crippen molar-refractivity contribution >= 4 is 52.6 Å². The minimum absolute atomic E-state index is 0. The van der Waals surface area contributed by atoms with Gasteiger partial charge in [-0.2, -0.15) is 13.5 Å². The molecular formula is C23H27Cl2FN2O4S2. The van der Waals surface area contributed by atoms with E-state index in [1.807, 2.05) is 16.9 Å². The molecule has 0 spiro atoms. The van der Waals surface area contributed by atoms with Crippen molar-refractivity contribution in [1.29, 1.82) is 0 Å². The summed E-state index contributed by atoms with van der Waals surface area (Å²) in [6.45, 7) is 4.16.